The number of methoxy groups -OCH3 is 1. The maximum absolute atomic E-state index is 5.12. The van der Waals surface area contributed by atoms with Crippen molar-refractivity contribution in [3.63, 3.8) is 0 Å². The third kappa shape index (κ3) is 4.57. The molecular formula is C17H28N2O. The summed E-state index contributed by atoms with van der Waals surface area (Å²) in [7, 11) is 1.77. The van der Waals surface area contributed by atoms with Gasteiger partial charge in [-0.3, -0.25) is 4.98 Å². The lowest BCUT2D eigenvalue weighted by Crippen LogP contribution is -2.21. The van der Waals surface area contributed by atoms with Crippen LogP contribution in [0, 0.1) is 0 Å². The minimum absolute atomic E-state index is 0.415. The van der Waals surface area contributed by atoms with E-state index in [9.17, 15) is 0 Å². The van der Waals surface area contributed by atoms with Crippen LogP contribution in [-0.4, -0.2) is 24.7 Å². The van der Waals surface area contributed by atoms with Crippen LogP contribution in [0.2, 0.25) is 0 Å². The fourth-order valence-corrected chi connectivity index (χ4v) is 2.59. The van der Waals surface area contributed by atoms with Gasteiger partial charge in [0.1, 0.15) is 0 Å². The Morgan fingerprint density at radius 2 is 2.20 bits per heavy atom. The van der Waals surface area contributed by atoms with Crippen LogP contribution >= 0.6 is 0 Å². The van der Waals surface area contributed by atoms with Crippen molar-refractivity contribution >= 4 is 0 Å². The topological polar surface area (TPSA) is 34.2 Å². The van der Waals surface area contributed by atoms with Crippen molar-refractivity contribution in [1.82, 2.24) is 10.3 Å². The molecule has 1 aromatic heterocycles. The number of unbranched alkanes of at least 4 members (excludes halogenated alkanes) is 1. The van der Waals surface area contributed by atoms with Gasteiger partial charge in [-0.25, -0.2) is 0 Å². The van der Waals surface area contributed by atoms with E-state index in [4.69, 9.17) is 4.74 Å². The Morgan fingerprint density at radius 1 is 1.40 bits per heavy atom. The van der Waals surface area contributed by atoms with E-state index < -0.39 is 0 Å². The van der Waals surface area contributed by atoms with E-state index in [2.05, 4.69) is 36.4 Å². The molecule has 112 valence electrons. The molecule has 0 radical (unpaired) electrons. The molecule has 1 unspecified atom stereocenters. The van der Waals surface area contributed by atoms with Crippen molar-refractivity contribution in [3.8, 4) is 0 Å². The van der Waals surface area contributed by atoms with Crippen LogP contribution < -0.4 is 5.32 Å². The molecule has 1 fully saturated rings. The third-order valence-electron chi connectivity index (χ3n) is 4.02. The molecule has 3 heteroatoms. The Balaban J connectivity index is 1.98. The van der Waals surface area contributed by atoms with Crippen molar-refractivity contribution in [3.05, 3.63) is 29.1 Å². The van der Waals surface area contributed by atoms with Gasteiger partial charge in [-0.1, -0.05) is 13.0 Å². The lowest BCUT2D eigenvalue weighted by Gasteiger charge is -2.16. The molecule has 1 saturated carbocycles. The fraction of sp³-hybridized carbons (Fsp3) is 0.706. The first-order valence-corrected chi connectivity index (χ1v) is 7.97. The maximum Gasteiger partial charge on any atom is 0.0462 e. The van der Waals surface area contributed by atoms with Gasteiger partial charge in [0.2, 0.25) is 0 Å². The second-order valence-electron chi connectivity index (χ2n) is 5.84. The minimum Gasteiger partial charge on any atom is -0.385 e. The Kier molecular flexibility index (Phi) is 5.99. The molecule has 1 aliphatic carbocycles. The smallest absolute Gasteiger partial charge is 0.0462 e. The van der Waals surface area contributed by atoms with Gasteiger partial charge in [0, 0.05) is 37.7 Å². The van der Waals surface area contributed by atoms with E-state index >= 15 is 0 Å². The summed E-state index contributed by atoms with van der Waals surface area (Å²) in [4.78, 5) is 4.67. The van der Waals surface area contributed by atoms with E-state index in [1.54, 1.807) is 7.11 Å². The average molecular weight is 276 g/mol. The van der Waals surface area contributed by atoms with E-state index in [1.807, 2.05) is 0 Å². The molecule has 0 spiro atoms. The average Bonchev–Trinajstić information content (AvgIpc) is 3.27. The lowest BCUT2D eigenvalue weighted by atomic mass is 10.0. The van der Waals surface area contributed by atoms with Gasteiger partial charge in [0.25, 0.3) is 0 Å². The van der Waals surface area contributed by atoms with Gasteiger partial charge in [0.05, 0.1) is 0 Å². The Labute approximate surface area is 123 Å². The Morgan fingerprint density at radius 3 is 2.85 bits per heavy atom. The van der Waals surface area contributed by atoms with E-state index in [0.717, 1.165) is 31.9 Å². The summed E-state index contributed by atoms with van der Waals surface area (Å²) in [6.07, 6.45) is 9.14. The molecule has 2 rings (SSSR count). The van der Waals surface area contributed by atoms with Crippen LogP contribution in [0.25, 0.3) is 0 Å². The molecule has 0 aromatic carbocycles. The first-order valence-electron chi connectivity index (χ1n) is 7.97. The second kappa shape index (κ2) is 7.75. The Bertz CT molecular complexity index is 415. The predicted molar refractivity (Wildman–Crippen MR) is 83.0 cm³/mol. The normalized spacial score (nSPS) is 16.4. The SMILES string of the molecule is CCc1ncc(C(C)NC2CC2)cc1CCCCOC. The summed E-state index contributed by atoms with van der Waals surface area (Å²) >= 11 is 0. The number of nitrogens with zero attached hydrogens (tertiary/aromatic N) is 1. The van der Waals surface area contributed by atoms with Crippen molar-refractivity contribution in [2.24, 2.45) is 0 Å². The van der Waals surface area contributed by atoms with Gasteiger partial charge in [-0.15, -0.1) is 0 Å². The molecule has 0 bridgehead atoms. The van der Waals surface area contributed by atoms with Gasteiger partial charge in [-0.2, -0.15) is 0 Å². The molecule has 0 saturated heterocycles. The molecule has 1 heterocycles. The van der Waals surface area contributed by atoms with E-state index in [1.165, 1.54) is 36.1 Å². The highest BCUT2D eigenvalue weighted by Crippen LogP contribution is 2.25. The molecule has 0 aliphatic heterocycles. The number of nitrogens with one attached hydrogen (secondary N) is 1. The quantitative estimate of drug-likeness (QED) is 0.702. The summed E-state index contributed by atoms with van der Waals surface area (Å²) in [5.74, 6) is 0. The molecule has 1 aromatic rings. The highest BCUT2D eigenvalue weighted by atomic mass is 16.5. The molecule has 1 N–H and O–H groups in total. The number of aromatic nitrogens is 1. The molecule has 20 heavy (non-hydrogen) atoms. The monoisotopic (exact) mass is 276 g/mol. The molecule has 3 nitrogen and oxygen atoms in total. The van der Waals surface area contributed by atoms with Gasteiger partial charge in [-0.05, 0) is 56.6 Å². The van der Waals surface area contributed by atoms with Crippen LogP contribution in [0.4, 0.5) is 0 Å². The number of rotatable bonds is 9. The largest absolute Gasteiger partial charge is 0.385 e. The van der Waals surface area contributed by atoms with Crippen LogP contribution in [0.5, 0.6) is 0 Å². The lowest BCUT2D eigenvalue weighted by molar-refractivity contribution is 0.193. The summed E-state index contributed by atoms with van der Waals surface area (Å²) < 4.78 is 5.12. The van der Waals surface area contributed by atoms with Crippen molar-refractivity contribution < 1.29 is 4.74 Å². The molecular weight excluding hydrogens is 248 g/mol. The number of hydrogen-bond donors (Lipinski definition) is 1. The number of pyridine rings is 1. The third-order valence-corrected chi connectivity index (χ3v) is 4.02. The van der Waals surface area contributed by atoms with Gasteiger partial charge in [0.15, 0.2) is 0 Å². The van der Waals surface area contributed by atoms with Gasteiger partial charge >= 0.3 is 0 Å². The highest BCUT2D eigenvalue weighted by Gasteiger charge is 2.23. The van der Waals surface area contributed by atoms with Crippen LogP contribution in [0.15, 0.2) is 12.3 Å². The summed E-state index contributed by atoms with van der Waals surface area (Å²) in [6, 6.07) is 3.51. The second-order valence-corrected chi connectivity index (χ2v) is 5.84. The highest BCUT2D eigenvalue weighted by molar-refractivity contribution is 5.27. The van der Waals surface area contributed by atoms with Gasteiger partial charge < -0.3 is 10.1 Å². The van der Waals surface area contributed by atoms with Crippen LogP contribution in [0.1, 0.15) is 62.4 Å². The van der Waals surface area contributed by atoms with Crippen LogP contribution in [-0.2, 0) is 17.6 Å². The summed E-state index contributed by atoms with van der Waals surface area (Å²) in [5, 5.41) is 3.65. The fourth-order valence-electron chi connectivity index (χ4n) is 2.59. The minimum atomic E-state index is 0.415. The van der Waals surface area contributed by atoms with Crippen LogP contribution in [0.3, 0.4) is 0 Å². The first-order chi connectivity index (χ1) is 9.74. The summed E-state index contributed by atoms with van der Waals surface area (Å²) in [5.41, 5.74) is 4.01. The molecule has 0 amide bonds. The number of ether oxygens (including phenoxy) is 1. The summed E-state index contributed by atoms with van der Waals surface area (Å²) in [6.45, 7) is 5.29. The van der Waals surface area contributed by atoms with Crippen molar-refractivity contribution in [1.29, 1.82) is 0 Å². The van der Waals surface area contributed by atoms with E-state index in [-0.39, 0.29) is 0 Å². The standard InChI is InChI=1S/C17H28N2O/c1-4-17-14(7-5-6-10-20-3)11-15(12-18-17)13(2)19-16-8-9-16/h11-13,16,19H,4-10H2,1-3H3. The zero-order valence-corrected chi connectivity index (χ0v) is 13.1. The number of hydrogen-bond acceptors (Lipinski definition) is 3. The van der Waals surface area contributed by atoms with Crippen molar-refractivity contribution in [2.75, 3.05) is 13.7 Å². The van der Waals surface area contributed by atoms with E-state index in [0.29, 0.717) is 6.04 Å². The number of aryl methyl sites for hydroxylation is 2. The zero-order valence-electron chi connectivity index (χ0n) is 13.1. The maximum atomic E-state index is 5.12. The zero-order chi connectivity index (χ0) is 14.4. The predicted octanol–water partition coefficient (Wildman–Crippen LogP) is 3.43. The molecule has 1 aliphatic rings. The first kappa shape index (κ1) is 15.5. The molecule has 1 atom stereocenters. The Hall–Kier alpha value is -0.930. The van der Waals surface area contributed by atoms with Crippen molar-refractivity contribution in [2.45, 2.75) is 64.5 Å².